The number of carbonyl (C=O) groups excluding carboxylic acids is 1. The summed E-state index contributed by atoms with van der Waals surface area (Å²) in [6.07, 6.45) is 2.04. The minimum Gasteiger partial charge on any atom is -0.382 e. The van der Waals surface area contributed by atoms with E-state index in [9.17, 15) is 4.79 Å². The fourth-order valence-electron chi connectivity index (χ4n) is 0.329. The molecule has 2 nitrogen and oxygen atoms in total. The monoisotopic (exact) mass is 134 g/mol. The van der Waals surface area contributed by atoms with Crippen LogP contribution >= 0.6 is 11.8 Å². The van der Waals surface area contributed by atoms with E-state index in [1.54, 1.807) is 6.26 Å². The molecule has 1 unspecified atom stereocenters. The van der Waals surface area contributed by atoms with Crippen molar-refractivity contribution >= 4 is 17.5 Å². The molecule has 0 bridgehead atoms. The maximum absolute atomic E-state index is 10.2. The lowest BCUT2D eigenvalue weighted by Gasteiger charge is -2.01. The van der Waals surface area contributed by atoms with Gasteiger partial charge >= 0.3 is 0 Å². The molecule has 0 saturated carbocycles. The Labute approximate surface area is 53.3 Å². The van der Waals surface area contributed by atoms with Crippen molar-refractivity contribution in [3.05, 3.63) is 0 Å². The van der Waals surface area contributed by atoms with Crippen LogP contribution in [-0.4, -0.2) is 22.6 Å². The van der Waals surface area contributed by atoms with E-state index in [0.29, 0.717) is 0 Å². The first-order chi connectivity index (χ1) is 3.66. The minimum atomic E-state index is -0.507. The van der Waals surface area contributed by atoms with Crippen LogP contribution in [0.25, 0.3) is 0 Å². The molecule has 3 heteroatoms. The van der Waals surface area contributed by atoms with E-state index in [0.717, 1.165) is 0 Å². The topological polar surface area (TPSA) is 37.3 Å². The van der Waals surface area contributed by atoms with Crippen molar-refractivity contribution in [2.45, 2.75) is 18.8 Å². The van der Waals surface area contributed by atoms with Gasteiger partial charge < -0.3 is 5.11 Å². The molecule has 0 aliphatic heterocycles. The Kier molecular flexibility index (Phi) is 3.91. The second kappa shape index (κ2) is 3.92. The van der Waals surface area contributed by atoms with Gasteiger partial charge in [-0.3, -0.25) is 4.79 Å². The van der Waals surface area contributed by atoms with Crippen molar-refractivity contribution in [1.29, 1.82) is 0 Å². The predicted octanol–water partition coefficient (Wildman–Crippen LogP) is 0.647. The molecule has 0 aromatic rings. The molecule has 48 valence electrons. The molecule has 0 heterocycles. The molecule has 0 aliphatic carbocycles. The Balaban J connectivity index is 3.24. The van der Waals surface area contributed by atoms with E-state index in [2.05, 4.69) is 0 Å². The van der Waals surface area contributed by atoms with Gasteiger partial charge in [0.1, 0.15) is 11.2 Å². The molecular weight excluding hydrogens is 124 g/mol. The van der Waals surface area contributed by atoms with Gasteiger partial charge in [0.05, 0.1) is 0 Å². The predicted molar refractivity (Wildman–Crippen MR) is 34.8 cm³/mol. The average molecular weight is 134 g/mol. The van der Waals surface area contributed by atoms with Crippen LogP contribution in [0.15, 0.2) is 0 Å². The Bertz CT molecular complexity index is 82.5. The summed E-state index contributed by atoms with van der Waals surface area (Å²) < 4.78 is 0. The summed E-state index contributed by atoms with van der Waals surface area (Å²) in [6.45, 7) is 1.47. The summed E-state index contributed by atoms with van der Waals surface area (Å²) in [5, 5.41) is 8.77. The van der Waals surface area contributed by atoms with Crippen LogP contribution in [0, 0.1) is 0 Å². The van der Waals surface area contributed by atoms with Crippen molar-refractivity contribution in [2.75, 3.05) is 6.26 Å². The zero-order chi connectivity index (χ0) is 6.57. The van der Waals surface area contributed by atoms with E-state index in [1.807, 2.05) is 0 Å². The second-order valence-corrected chi connectivity index (χ2v) is 2.61. The van der Waals surface area contributed by atoms with Crippen LogP contribution < -0.4 is 0 Å². The van der Waals surface area contributed by atoms with Gasteiger partial charge in [-0.2, -0.15) is 0 Å². The molecular formula is C5H10O2S. The highest BCUT2D eigenvalue weighted by atomic mass is 32.2. The van der Waals surface area contributed by atoms with Gasteiger partial charge in [0, 0.05) is 6.42 Å². The van der Waals surface area contributed by atoms with Gasteiger partial charge in [0.15, 0.2) is 0 Å². The van der Waals surface area contributed by atoms with Gasteiger partial charge in [-0.25, -0.2) is 0 Å². The summed E-state index contributed by atoms with van der Waals surface area (Å²) in [5.74, 6) is 0.0341. The summed E-state index contributed by atoms with van der Waals surface area (Å²) in [5.41, 5.74) is -0.507. The highest BCUT2D eigenvalue weighted by Crippen LogP contribution is 2.05. The van der Waals surface area contributed by atoms with Gasteiger partial charge in [-0.15, -0.1) is 11.8 Å². The molecule has 0 aromatic heterocycles. The minimum absolute atomic E-state index is 0.0341. The van der Waals surface area contributed by atoms with Crippen LogP contribution in [0.2, 0.25) is 0 Å². The van der Waals surface area contributed by atoms with E-state index in [-0.39, 0.29) is 12.2 Å². The largest absolute Gasteiger partial charge is 0.382 e. The van der Waals surface area contributed by atoms with Gasteiger partial charge in [-0.05, 0) is 13.2 Å². The van der Waals surface area contributed by atoms with Crippen molar-refractivity contribution in [1.82, 2.24) is 0 Å². The number of rotatable bonds is 3. The van der Waals surface area contributed by atoms with E-state index < -0.39 is 5.44 Å². The summed E-state index contributed by atoms with van der Waals surface area (Å²) >= 11 is 1.29. The maximum Gasteiger partial charge on any atom is 0.133 e. The van der Waals surface area contributed by atoms with Gasteiger partial charge in [0.25, 0.3) is 0 Å². The molecule has 1 N–H and O–H groups in total. The number of hydrogen-bond acceptors (Lipinski definition) is 3. The van der Waals surface area contributed by atoms with Crippen molar-refractivity contribution in [3.8, 4) is 0 Å². The van der Waals surface area contributed by atoms with Crippen molar-refractivity contribution in [2.24, 2.45) is 0 Å². The fraction of sp³-hybridized carbons (Fsp3) is 0.800. The lowest BCUT2D eigenvalue weighted by Crippen LogP contribution is -2.05. The zero-order valence-electron chi connectivity index (χ0n) is 5.05. The van der Waals surface area contributed by atoms with Gasteiger partial charge in [-0.1, -0.05) is 0 Å². The Hall–Kier alpha value is -0.0200. The Morgan fingerprint density at radius 2 is 2.38 bits per heavy atom. The third-order valence-corrected chi connectivity index (χ3v) is 1.44. The van der Waals surface area contributed by atoms with Crippen LogP contribution in [0.5, 0.6) is 0 Å². The lowest BCUT2D eigenvalue weighted by atomic mass is 10.3. The van der Waals surface area contributed by atoms with E-state index in [1.165, 1.54) is 18.7 Å². The normalized spacial score (nSPS) is 13.4. The number of aliphatic hydroxyl groups is 1. The summed E-state index contributed by atoms with van der Waals surface area (Å²) in [6, 6.07) is 0. The molecule has 0 amide bonds. The van der Waals surface area contributed by atoms with Crippen LogP contribution in [-0.2, 0) is 4.79 Å². The quantitative estimate of drug-likeness (QED) is 0.576. The Morgan fingerprint density at radius 3 is 2.50 bits per heavy atom. The molecule has 0 saturated heterocycles. The molecule has 0 spiro atoms. The first-order valence-electron chi connectivity index (χ1n) is 2.37. The average Bonchev–Trinajstić information content (AvgIpc) is 1.65. The van der Waals surface area contributed by atoms with Crippen LogP contribution in [0.4, 0.5) is 0 Å². The molecule has 8 heavy (non-hydrogen) atoms. The molecule has 0 aliphatic rings. The van der Waals surface area contributed by atoms with Crippen LogP contribution in [0.3, 0.4) is 0 Å². The number of ketones is 1. The standard InChI is InChI=1S/C5H10O2S/c1-4(6)3-5(7)8-2/h5,7H,3H2,1-2H3. The number of Topliss-reactive ketones (excluding diaryl/α,β-unsaturated/α-hetero) is 1. The molecule has 1 atom stereocenters. The molecule has 0 radical (unpaired) electrons. The maximum atomic E-state index is 10.2. The van der Waals surface area contributed by atoms with E-state index in [4.69, 9.17) is 5.11 Å². The first kappa shape index (κ1) is 7.98. The number of aliphatic hydroxyl groups excluding tert-OH is 1. The van der Waals surface area contributed by atoms with Crippen LogP contribution in [0.1, 0.15) is 13.3 Å². The number of carbonyl (C=O) groups is 1. The number of hydrogen-bond donors (Lipinski definition) is 1. The highest BCUT2D eigenvalue weighted by Gasteiger charge is 2.02. The number of thioether (sulfide) groups is 1. The van der Waals surface area contributed by atoms with Gasteiger partial charge in [0.2, 0.25) is 0 Å². The SMILES string of the molecule is CSC(O)CC(C)=O. The third-order valence-electron chi connectivity index (χ3n) is 0.734. The first-order valence-corrected chi connectivity index (χ1v) is 3.66. The molecule has 0 aromatic carbocycles. The van der Waals surface area contributed by atoms with Crippen molar-refractivity contribution < 1.29 is 9.90 Å². The van der Waals surface area contributed by atoms with Crippen molar-refractivity contribution in [3.63, 3.8) is 0 Å². The fourth-order valence-corrected chi connectivity index (χ4v) is 0.731. The summed E-state index contributed by atoms with van der Waals surface area (Å²) in [7, 11) is 0. The second-order valence-electron chi connectivity index (χ2n) is 1.60. The zero-order valence-corrected chi connectivity index (χ0v) is 5.86. The molecule has 0 fully saturated rings. The molecule has 0 rings (SSSR count). The van der Waals surface area contributed by atoms with E-state index >= 15 is 0 Å². The Morgan fingerprint density at radius 1 is 1.88 bits per heavy atom. The third kappa shape index (κ3) is 4.15. The highest BCUT2D eigenvalue weighted by molar-refractivity contribution is 7.99. The smallest absolute Gasteiger partial charge is 0.133 e. The summed E-state index contributed by atoms with van der Waals surface area (Å²) in [4.78, 5) is 10.2. The lowest BCUT2D eigenvalue weighted by molar-refractivity contribution is -0.117.